The average molecular weight is 1560 g/mol. The topological polar surface area (TPSA) is 348 Å². The fraction of sp³-hybridized carbons (Fsp3) is 0.333. The summed E-state index contributed by atoms with van der Waals surface area (Å²) >= 11 is 0. The van der Waals surface area contributed by atoms with Gasteiger partial charge in [-0.2, -0.15) is 0 Å². The molecule has 0 atom stereocenters. The number of nitrogens with zero attached hydrogens (tertiary/aromatic N) is 4. The van der Waals surface area contributed by atoms with Crippen molar-refractivity contribution in [2.45, 2.75) is 106 Å². The molecule has 0 unspecified atom stereocenters. The predicted molar refractivity (Wildman–Crippen MR) is 407 cm³/mol. The van der Waals surface area contributed by atoms with Crippen LogP contribution in [0.5, 0.6) is 17.2 Å². The number of carbonyl (C=O) groups excluding carboxylic acids is 3. The first-order chi connectivity index (χ1) is 53.2. The van der Waals surface area contributed by atoms with Crippen LogP contribution in [0, 0.1) is 5.82 Å². The molecule has 0 saturated carbocycles. The lowest BCUT2D eigenvalue weighted by atomic mass is 9.95. The first-order valence-corrected chi connectivity index (χ1v) is 40.5. The molecule has 25 nitrogen and oxygen atoms in total. The Bertz CT molecular complexity index is 4830. The molecule has 0 radical (unpaired) electrons. The van der Waals surface area contributed by atoms with Gasteiger partial charge in [-0.3, -0.25) is 45.0 Å². The third kappa shape index (κ3) is 20.2. The van der Waals surface area contributed by atoms with Crippen LogP contribution < -0.4 is 30.7 Å². The Labute approximate surface area is 639 Å². The van der Waals surface area contributed by atoms with E-state index in [1.165, 1.54) is 59.5 Å². The Hall–Kier alpha value is -9.92. The summed E-state index contributed by atoms with van der Waals surface area (Å²) < 4.78 is 121. The second kappa shape index (κ2) is 39.1. The molecule has 29 heteroatoms. The first-order valence-electron chi connectivity index (χ1n) is 36.0. The number of aryl methyl sites for hydroxylation is 3. The van der Waals surface area contributed by atoms with E-state index in [1.807, 2.05) is 84.3 Å². The number of nitrogens with one attached hydrogen (secondary N) is 3. The van der Waals surface area contributed by atoms with E-state index in [0.29, 0.717) is 69.7 Å². The molecule has 0 spiro atoms. The van der Waals surface area contributed by atoms with Crippen LogP contribution in [-0.4, -0.2) is 172 Å². The number of ether oxygens (including phenoxy) is 6. The highest BCUT2D eigenvalue weighted by molar-refractivity contribution is 7.94. The smallest absolute Gasteiger partial charge is 0.265 e. The summed E-state index contributed by atoms with van der Waals surface area (Å²) in [5.74, 6) is -1.51. The number of piperidine rings is 1. The monoisotopic (exact) mass is 1560 g/mol. The van der Waals surface area contributed by atoms with Gasteiger partial charge in [-0.25, -0.2) is 46.1 Å². The molecule has 6 heterocycles. The summed E-state index contributed by atoms with van der Waals surface area (Å²) in [4.78, 5) is 52.4. The lowest BCUT2D eigenvalue weighted by molar-refractivity contribution is -0.135. The molecule has 6 aromatic carbocycles. The fourth-order valence-corrected chi connectivity index (χ4v) is 19.2. The van der Waals surface area contributed by atoms with E-state index in [0.717, 1.165) is 82.2 Å². The summed E-state index contributed by atoms with van der Waals surface area (Å²) in [6.45, 7) is 3.75. The molecular formula is C81H90FN7O18S3. The van der Waals surface area contributed by atoms with Gasteiger partial charge >= 0.3 is 0 Å². The minimum Gasteiger partial charge on any atom is -0.494 e. The summed E-state index contributed by atoms with van der Waals surface area (Å²) in [5.41, 5.74) is 14.0. The summed E-state index contributed by atoms with van der Waals surface area (Å²) in [5, 5.41) is 27.7. The van der Waals surface area contributed by atoms with Gasteiger partial charge in [0.15, 0.2) is 43.8 Å². The number of sulfone groups is 3. The Kier molecular flexibility index (Phi) is 29.4. The Morgan fingerprint density at radius 1 is 0.418 bits per heavy atom. The van der Waals surface area contributed by atoms with E-state index in [1.54, 1.807) is 73.5 Å². The van der Waals surface area contributed by atoms with Crippen molar-refractivity contribution in [3.63, 3.8) is 0 Å². The fourth-order valence-electron chi connectivity index (χ4n) is 13.4. The van der Waals surface area contributed by atoms with Crippen LogP contribution in [0.3, 0.4) is 0 Å². The van der Waals surface area contributed by atoms with Gasteiger partial charge in [0, 0.05) is 107 Å². The van der Waals surface area contributed by atoms with E-state index in [9.17, 15) is 49.2 Å². The number of benzene rings is 6. The van der Waals surface area contributed by atoms with Gasteiger partial charge in [-0.05, 0) is 214 Å². The molecule has 0 aliphatic carbocycles. The molecule has 9 aromatic rings. The van der Waals surface area contributed by atoms with E-state index < -0.39 is 61.5 Å². The zero-order valence-electron chi connectivity index (χ0n) is 60.8. The molecule has 3 aromatic heterocycles. The molecule has 6 N–H and O–H groups in total. The maximum Gasteiger partial charge on any atom is 0.265 e. The highest BCUT2D eigenvalue weighted by Gasteiger charge is 2.55. The Balaban J connectivity index is 0.000000176. The van der Waals surface area contributed by atoms with Crippen LogP contribution >= 0.6 is 0 Å². The van der Waals surface area contributed by atoms with Crippen molar-refractivity contribution < 1.29 is 88.1 Å². The number of carbonyl (C=O) groups is 3. The third-order valence-electron chi connectivity index (χ3n) is 19.8. The average Bonchev–Trinajstić information content (AvgIpc) is 0.661. The summed E-state index contributed by atoms with van der Waals surface area (Å²) in [7, 11) is -10.6. The maximum absolute atomic E-state index is 13.6. The predicted octanol–water partition coefficient (Wildman–Crippen LogP) is 10.8. The lowest BCUT2D eigenvalue weighted by Gasteiger charge is -2.39. The van der Waals surface area contributed by atoms with Crippen molar-refractivity contribution in [1.82, 2.24) is 36.3 Å². The molecule has 582 valence electrons. The Morgan fingerprint density at radius 2 is 0.727 bits per heavy atom. The zero-order valence-corrected chi connectivity index (χ0v) is 63.3. The molecule has 3 saturated heterocycles. The van der Waals surface area contributed by atoms with Gasteiger partial charge < -0.3 is 33.3 Å². The van der Waals surface area contributed by atoms with Crippen LogP contribution in [0.25, 0.3) is 33.4 Å². The van der Waals surface area contributed by atoms with Gasteiger partial charge in [0.05, 0.1) is 41.1 Å². The van der Waals surface area contributed by atoms with Gasteiger partial charge in [-0.15, -0.1) is 0 Å². The van der Waals surface area contributed by atoms with Gasteiger partial charge in [0.2, 0.25) is 0 Å². The van der Waals surface area contributed by atoms with Gasteiger partial charge in [0.25, 0.3) is 17.7 Å². The molecular weight excluding hydrogens is 1470 g/mol. The normalized spacial score (nSPS) is 15.4. The zero-order chi connectivity index (χ0) is 78.0. The second-order valence-electron chi connectivity index (χ2n) is 26.6. The number of hydroxylamine groups is 3. The van der Waals surface area contributed by atoms with Crippen LogP contribution in [0.2, 0.25) is 0 Å². The lowest BCUT2D eigenvalue weighted by Crippen LogP contribution is -2.57. The van der Waals surface area contributed by atoms with Crippen molar-refractivity contribution in [1.29, 1.82) is 0 Å². The standard InChI is InChI=1S/C29H35N3O6S.C26H27FN2O6S.C26H28N2O6S/c1-37-19-17-32-15-13-29(14-16-32,28(33)31-34)39(35,36)27-11-9-26(10-12-27)38-18-5-6-23-20-25(22-30-21-23)24-7-3-2-4-8-24;27-22-5-3-20(4-6-22)21-16-19(17-28-18-21)2-1-13-35-23-7-9-24(10-8-23)36(32,33)26(25(30)29-31)11-14-34-15-12-26;29-25(28-30)26(12-15-33-16-13-26)35(31,32)24-10-8-23(9-11-24)34-14-4-5-20-17-22(19-27-18-20)21-6-2-1-3-7-21/h2-4,7-12,20-22,34H,5-6,13-19H2,1H3,(H,31,33);3-10,16-18,31H,1-2,11-15H2,(H,29,30);1-3,6-11,17-19,30H,4-5,12-16H2,(H,28,29). The highest BCUT2D eigenvalue weighted by atomic mass is 32.2. The largest absolute Gasteiger partial charge is 0.494 e. The molecule has 110 heavy (non-hydrogen) atoms. The molecule has 3 aliphatic rings. The minimum absolute atomic E-state index is 0.000786. The van der Waals surface area contributed by atoms with Crippen molar-refractivity contribution in [3.05, 3.63) is 236 Å². The van der Waals surface area contributed by atoms with Crippen LogP contribution in [-0.2, 0) is 77.4 Å². The summed E-state index contributed by atoms with van der Waals surface area (Å²) in [6, 6.07) is 50.7. The van der Waals surface area contributed by atoms with Crippen LogP contribution in [0.4, 0.5) is 4.39 Å². The molecule has 3 aliphatic heterocycles. The van der Waals surface area contributed by atoms with Crippen LogP contribution in [0.15, 0.2) is 228 Å². The van der Waals surface area contributed by atoms with Crippen molar-refractivity contribution in [2.24, 2.45) is 0 Å². The molecule has 0 bridgehead atoms. The van der Waals surface area contributed by atoms with Gasteiger partial charge in [0.1, 0.15) is 23.1 Å². The Morgan fingerprint density at radius 3 is 1.04 bits per heavy atom. The number of methoxy groups -OCH3 is 1. The number of amides is 3. The van der Waals surface area contributed by atoms with E-state index >= 15 is 0 Å². The minimum atomic E-state index is -4.08. The van der Waals surface area contributed by atoms with Crippen molar-refractivity contribution >= 4 is 47.2 Å². The summed E-state index contributed by atoms with van der Waals surface area (Å²) in [6.07, 6.45) is 15.4. The van der Waals surface area contributed by atoms with E-state index in [-0.39, 0.29) is 85.5 Å². The SMILES string of the molecule is COCCN1CCC(C(=O)NO)(S(=O)(=O)c2ccc(OCCCc3cncc(-c4ccccc4)c3)cc2)CC1.O=C(NO)C1(S(=O)(=O)c2ccc(OCCCc3cncc(-c4ccc(F)cc4)c3)cc2)CCOCC1.O=C(NO)C1(S(=O)(=O)c2ccc(OCCCc3cncc(-c4ccccc4)c3)cc2)CCOCC1. The van der Waals surface area contributed by atoms with Crippen molar-refractivity contribution in [2.75, 3.05) is 79.6 Å². The molecule has 3 amide bonds. The van der Waals surface area contributed by atoms with Gasteiger partial charge in [-0.1, -0.05) is 72.8 Å². The van der Waals surface area contributed by atoms with E-state index in [4.69, 9.17) is 38.8 Å². The number of pyridine rings is 3. The number of hydrogen-bond donors (Lipinski definition) is 6. The first kappa shape index (κ1) is 82.6. The number of likely N-dealkylation sites (tertiary alicyclic amines) is 1. The van der Waals surface area contributed by atoms with E-state index in [2.05, 4.69) is 39.2 Å². The second-order valence-corrected chi connectivity index (χ2v) is 33.4. The quantitative estimate of drug-likeness (QED) is 0.0138. The third-order valence-corrected chi connectivity index (χ3v) is 27.3. The molecule has 3 fully saturated rings. The number of aromatic nitrogens is 3. The number of hydrogen-bond acceptors (Lipinski definition) is 22. The highest BCUT2D eigenvalue weighted by Crippen LogP contribution is 2.40. The maximum atomic E-state index is 13.6. The van der Waals surface area contributed by atoms with Crippen LogP contribution in [0.1, 0.15) is 74.5 Å². The number of halogens is 1. The molecule has 12 rings (SSSR count). The van der Waals surface area contributed by atoms with Crippen molar-refractivity contribution in [3.8, 4) is 50.6 Å². The number of rotatable bonds is 30.